The standard InChI is InChI=1S/C12H16N2O2S/c1-9(2)14-6-5-13-12(14)8-17(15)11-4-7-16-10(11)3/h4-7,9H,8H2,1-3H3/t17-/m1/s1. The van der Waals surface area contributed by atoms with Crippen molar-refractivity contribution < 1.29 is 8.63 Å². The van der Waals surface area contributed by atoms with E-state index in [1.807, 2.05) is 17.7 Å². The molecule has 0 bridgehead atoms. The summed E-state index contributed by atoms with van der Waals surface area (Å²) >= 11 is 0. The highest BCUT2D eigenvalue weighted by Crippen LogP contribution is 2.18. The Morgan fingerprint density at radius 3 is 2.88 bits per heavy atom. The number of hydrogen-bond acceptors (Lipinski definition) is 3. The van der Waals surface area contributed by atoms with Gasteiger partial charge in [-0.15, -0.1) is 0 Å². The van der Waals surface area contributed by atoms with Crippen LogP contribution < -0.4 is 0 Å². The molecule has 4 nitrogen and oxygen atoms in total. The molecule has 1 atom stereocenters. The zero-order chi connectivity index (χ0) is 12.4. The topological polar surface area (TPSA) is 48.0 Å². The zero-order valence-electron chi connectivity index (χ0n) is 10.2. The Balaban J connectivity index is 2.19. The van der Waals surface area contributed by atoms with Crippen molar-refractivity contribution in [2.75, 3.05) is 0 Å². The smallest absolute Gasteiger partial charge is 0.121 e. The molecule has 17 heavy (non-hydrogen) atoms. The van der Waals surface area contributed by atoms with Crippen LogP contribution in [0.15, 0.2) is 34.0 Å². The summed E-state index contributed by atoms with van der Waals surface area (Å²) in [5.41, 5.74) is 0. The lowest BCUT2D eigenvalue weighted by molar-refractivity contribution is 0.525. The number of rotatable bonds is 4. The third-order valence-electron chi connectivity index (χ3n) is 2.62. The Kier molecular flexibility index (Phi) is 3.47. The minimum atomic E-state index is -1.10. The predicted molar refractivity (Wildman–Crippen MR) is 66.2 cm³/mol. The molecule has 5 heteroatoms. The van der Waals surface area contributed by atoms with Gasteiger partial charge in [0.1, 0.15) is 11.6 Å². The SMILES string of the molecule is Cc1occc1[S@](=O)Cc1nccn1C(C)C. The lowest BCUT2D eigenvalue weighted by atomic mass is 10.4. The van der Waals surface area contributed by atoms with Gasteiger partial charge < -0.3 is 8.98 Å². The van der Waals surface area contributed by atoms with Gasteiger partial charge in [-0.1, -0.05) is 0 Å². The molecule has 0 saturated carbocycles. The molecular formula is C12H16N2O2S. The summed E-state index contributed by atoms with van der Waals surface area (Å²) in [5.74, 6) is 1.98. The largest absolute Gasteiger partial charge is 0.468 e. The first-order chi connectivity index (χ1) is 8.09. The lowest BCUT2D eigenvalue weighted by Gasteiger charge is -2.10. The van der Waals surface area contributed by atoms with E-state index in [1.54, 1.807) is 18.5 Å². The van der Waals surface area contributed by atoms with Crippen LogP contribution in [0.5, 0.6) is 0 Å². The first-order valence-electron chi connectivity index (χ1n) is 5.53. The van der Waals surface area contributed by atoms with Crippen molar-refractivity contribution in [3.63, 3.8) is 0 Å². The quantitative estimate of drug-likeness (QED) is 0.840. The van der Waals surface area contributed by atoms with Crippen LogP contribution in [0.3, 0.4) is 0 Å². The van der Waals surface area contributed by atoms with Gasteiger partial charge in [0.25, 0.3) is 0 Å². The van der Waals surface area contributed by atoms with Crippen molar-refractivity contribution in [2.24, 2.45) is 0 Å². The van der Waals surface area contributed by atoms with Gasteiger partial charge in [-0.25, -0.2) is 4.98 Å². The molecule has 0 fully saturated rings. The normalized spacial score (nSPS) is 13.2. The number of aromatic nitrogens is 2. The van der Waals surface area contributed by atoms with Gasteiger partial charge in [-0.3, -0.25) is 4.21 Å². The van der Waals surface area contributed by atoms with E-state index >= 15 is 0 Å². The van der Waals surface area contributed by atoms with Crippen molar-refractivity contribution in [1.29, 1.82) is 0 Å². The van der Waals surface area contributed by atoms with Crippen LogP contribution in [0.25, 0.3) is 0 Å². The fourth-order valence-electron chi connectivity index (χ4n) is 1.73. The number of nitrogens with zero attached hydrogens (tertiary/aromatic N) is 2. The van der Waals surface area contributed by atoms with Gasteiger partial charge in [0.15, 0.2) is 0 Å². The second kappa shape index (κ2) is 4.87. The van der Waals surface area contributed by atoms with Gasteiger partial charge in [0.2, 0.25) is 0 Å². The van der Waals surface area contributed by atoms with Crippen LogP contribution in [0.4, 0.5) is 0 Å². The molecule has 0 saturated heterocycles. The summed E-state index contributed by atoms with van der Waals surface area (Å²) in [4.78, 5) is 5.01. The number of furan rings is 1. The van der Waals surface area contributed by atoms with Crippen LogP contribution in [-0.2, 0) is 16.6 Å². The van der Waals surface area contributed by atoms with E-state index < -0.39 is 10.8 Å². The Bertz CT molecular complexity index is 528. The van der Waals surface area contributed by atoms with E-state index in [-0.39, 0.29) is 0 Å². The van der Waals surface area contributed by atoms with Gasteiger partial charge in [-0.05, 0) is 26.8 Å². The van der Waals surface area contributed by atoms with Gasteiger partial charge in [0, 0.05) is 18.4 Å². The highest BCUT2D eigenvalue weighted by atomic mass is 32.2. The predicted octanol–water partition coefficient (Wildman–Crippen LogP) is 2.67. The fraction of sp³-hybridized carbons (Fsp3) is 0.417. The van der Waals surface area contributed by atoms with E-state index in [4.69, 9.17) is 4.42 Å². The maximum Gasteiger partial charge on any atom is 0.121 e. The van der Waals surface area contributed by atoms with Crippen molar-refractivity contribution >= 4 is 10.8 Å². The molecule has 2 rings (SSSR count). The van der Waals surface area contributed by atoms with Crippen LogP contribution in [-0.4, -0.2) is 13.8 Å². The molecule has 2 heterocycles. The van der Waals surface area contributed by atoms with Crippen LogP contribution in [0.1, 0.15) is 31.5 Å². The Hall–Kier alpha value is -1.36. The van der Waals surface area contributed by atoms with Gasteiger partial charge in [-0.2, -0.15) is 0 Å². The van der Waals surface area contributed by atoms with Crippen LogP contribution in [0, 0.1) is 6.92 Å². The van der Waals surface area contributed by atoms with E-state index in [0.29, 0.717) is 17.6 Å². The average molecular weight is 252 g/mol. The molecular weight excluding hydrogens is 236 g/mol. The minimum absolute atomic E-state index is 0.329. The maximum absolute atomic E-state index is 12.2. The Labute approximate surface area is 103 Å². The summed E-state index contributed by atoms with van der Waals surface area (Å²) in [6, 6.07) is 2.09. The summed E-state index contributed by atoms with van der Waals surface area (Å²) < 4.78 is 19.4. The molecule has 0 amide bonds. The van der Waals surface area contributed by atoms with Crippen LogP contribution in [0.2, 0.25) is 0 Å². The first-order valence-corrected chi connectivity index (χ1v) is 6.85. The zero-order valence-corrected chi connectivity index (χ0v) is 11.0. The average Bonchev–Trinajstić information content (AvgIpc) is 2.86. The molecule has 0 radical (unpaired) electrons. The summed E-state index contributed by atoms with van der Waals surface area (Å²) in [6.45, 7) is 5.98. The van der Waals surface area contributed by atoms with E-state index in [9.17, 15) is 4.21 Å². The number of aryl methyl sites for hydroxylation is 1. The van der Waals surface area contributed by atoms with Crippen molar-refractivity contribution in [3.05, 3.63) is 36.3 Å². The molecule has 0 spiro atoms. The maximum atomic E-state index is 12.2. The highest BCUT2D eigenvalue weighted by Gasteiger charge is 2.14. The summed E-state index contributed by atoms with van der Waals surface area (Å²) in [7, 11) is -1.10. The highest BCUT2D eigenvalue weighted by molar-refractivity contribution is 7.84. The second-order valence-corrected chi connectivity index (χ2v) is 5.59. The van der Waals surface area contributed by atoms with Crippen LogP contribution >= 0.6 is 0 Å². The third-order valence-corrected chi connectivity index (χ3v) is 4.06. The molecule has 0 unspecified atom stereocenters. The monoisotopic (exact) mass is 252 g/mol. The molecule has 0 aliphatic heterocycles. The summed E-state index contributed by atoms with van der Waals surface area (Å²) in [5, 5.41) is 0. The van der Waals surface area contributed by atoms with Crippen molar-refractivity contribution in [1.82, 2.24) is 9.55 Å². The first kappa shape index (κ1) is 12.1. The third kappa shape index (κ3) is 2.49. The molecule has 0 aliphatic rings. The minimum Gasteiger partial charge on any atom is -0.468 e. The number of hydrogen-bond donors (Lipinski definition) is 0. The molecule has 0 aromatic carbocycles. The van der Waals surface area contributed by atoms with Crippen molar-refractivity contribution in [3.8, 4) is 0 Å². The van der Waals surface area contributed by atoms with Gasteiger partial charge in [0.05, 0.1) is 27.7 Å². The van der Waals surface area contributed by atoms with E-state index in [1.165, 1.54) is 0 Å². The second-order valence-electron chi connectivity index (χ2n) is 4.18. The molecule has 2 aromatic rings. The van der Waals surface area contributed by atoms with Gasteiger partial charge >= 0.3 is 0 Å². The van der Waals surface area contributed by atoms with E-state index in [2.05, 4.69) is 18.8 Å². The lowest BCUT2D eigenvalue weighted by Crippen LogP contribution is -2.08. The molecule has 0 N–H and O–H groups in total. The Morgan fingerprint density at radius 1 is 1.53 bits per heavy atom. The molecule has 92 valence electrons. The molecule has 2 aromatic heterocycles. The van der Waals surface area contributed by atoms with E-state index in [0.717, 1.165) is 10.7 Å². The fourth-order valence-corrected chi connectivity index (χ4v) is 2.92. The van der Waals surface area contributed by atoms with Crippen molar-refractivity contribution in [2.45, 2.75) is 37.5 Å². The summed E-state index contributed by atoms with van der Waals surface area (Å²) in [6.07, 6.45) is 5.23. The number of imidazole rings is 1. The Morgan fingerprint density at radius 2 is 2.29 bits per heavy atom. The molecule has 0 aliphatic carbocycles.